The molecule has 2 aromatic heterocycles. The zero-order chi connectivity index (χ0) is 20.3. The average molecular weight is 378 g/mol. The summed E-state index contributed by atoms with van der Waals surface area (Å²) in [6.07, 6.45) is 0.853. The summed E-state index contributed by atoms with van der Waals surface area (Å²) in [5.74, 6) is 0.530. The molecule has 0 saturated heterocycles. The number of hydrogen-bond donors (Lipinski definition) is 2. The molecule has 0 fully saturated rings. The number of alkyl carbamates (subject to hydrolysis) is 1. The van der Waals surface area contributed by atoms with Crippen LogP contribution in [0.1, 0.15) is 26.3 Å². The molecule has 142 valence electrons. The third-order valence-electron chi connectivity index (χ3n) is 3.46. The van der Waals surface area contributed by atoms with E-state index in [0.29, 0.717) is 5.56 Å². The monoisotopic (exact) mass is 378 g/mol. The third-order valence-corrected chi connectivity index (χ3v) is 3.46. The number of hydrogen-bond acceptors (Lipinski definition) is 8. The number of carbonyl (C=O) groups excluding carboxylic acids is 1. The quantitative estimate of drug-likeness (QED) is 0.655. The minimum absolute atomic E-state index is 0.115. The van der Waals surface area contributed by atoms with Gasteiger partial charge in [-0.05, 0) is 38.5 Å². The summed E-state index contributed by atoms with van der Waals surface area (Å²) in [6, 6.07) is 7.31. The van der Waals surface area contributed by atoms with Gasteiger partial charge in [0.2, 0.25) is 5.89 Å². The van der Waals surface area contributed by atoms with Crippen LogP contribution in [-0.4, -0.2) is 39.7 Å². The molecular weight excluding hydrogens is 359 g/mol. The predicted octanol–water partition coefficient (Wildman–Crippen LogP) is 1.59. The molecule has 1 amide bonds. The van der Waals surface area contributed by atoms with Crippen LogP contribution in [0.4, 0.5) is 10.6 Å². The van der Waals surface area contributed by atoms with Crippen molar-refractivity contribution in [2.75, 3.05) is 5.73 Å². The number of nitrogen functional groups attached to an aromatic ring is 1. The van der Waals surface area contributed by atoms with Crippen LogP contribution in [0.25, 0.3) is 23.0 Å². The van der Waals surface area contributed by atoms with Gasteiger partial charge in [-0.2, -0.15) is 0 Å². The molecule has 0 bridgehead atoms. The van der Waals surface area contributed by atoms with Crippen LogP contribution in [0, 0.1) is 0 Å². The van der Waals surface area contributed by atoms with E-state index in [1.165, 1.54) is 6.20 Å². The van der Waals surface area contributed by atoms with Crippen molar-refractivity contribution in [1.82, 2.24) is 25.5 Å². The first-order chi connectivity index (χ1) is 13.2. The van der Waals surface area contributed by atoms with Crippen LogP contribution >= 0.6 is 0 Å². The Morgan fingerprint density at radius 3 is 2.79 bits per heavy atom. The molecule has 1 aromatic carbocycles. The number of amides is 1. The molecule has 28 heavy (non-hydrogen) atoms. The van der Waals surface area contributed by atoms with E-state index in [9.17, 15) is 4.79 Å². The first-order valence-corrected chi connectivity index (χ1v) is 8.49. The maximum absolute atomic E-state index is 11.8. The largest absolute Gasteiger partial charge is 0.444 e. The number of anilines is 1. The number of nitrogens with zero attached hydrogens (tertiary/aromatic N) is 4. The highest BCUT2D eigenvalue weighted by atomic mass is 16.6. The lowest BCUT2D eigenvalue weighted by Crippen LogP contribution is -2.32. The summed E-state index contributed by atoms with van der Waals surface area (Å²) >= 11 is 0. The van der Waals surface area contributed by atoms with Crippen molar-refractivity contribution in [3.8, 4) is 23.0 Å². The van der Waals surface area contributed by atoms with Crippen molar-refractivity contribution in [2.24, 2.45) is 0 Å². The fraction of sp³-hybridized carbons (Fsp3) is 0.278. The van der Waals surface area contributed by atoms with Crippen molar-refractivity contribution in [1.29, 1.82) is 0 Å². The molecule has 0 aliphatic rings. The van der Waals surface area contributed by atoms with Gasteiger partial charge in [0.1, 0.15) is 13.4 Å². The number of rotatable bonds is 4. The summed E-state index contributed by atoms with van der Waals surface area (Å²) in [4.78, 5) is 19.8. The minimum Gasteiger partial charge on any atom is -0.444 e. The Morgan fingerprint density at radius 2 is 2.04 bits per heavy atom. The molecule has 2 radical (unpaired) electrons. The molecule has 0 atom stereocenters. The second kappa shape index (κ2) is 7.67. The summed E-state index contributed by atoms with van der Waals surface area (Å²) in [6.45, 7) is 5.70. The standard InChI is InChI=1S/C18H19BN6O3/c1-18(2,3)28-17(26)22-8-10-5-4-6-11(7-10)15-24-25-16(27-15)13-14(20)21-9-12(19)23-13/h4-7,9H,8H2,1-3H3,(H2,20,21)(H,22,26). The predicted molar refractivity (Wildman–Crippen MR) is 104 cm³/mol. The van der Waals surface area contributed by atoms with Crippen molar-refractivity contribution >= 4 is 25.4 Å². The van der Waals surface area contributed by atoms with Gasteiger partial charge in [-0.1, -0.05) is 12.1 Å². The van der Waals surface area contributed by atoms with Crippen LogP contribution in [0.15, 0.2) is 34.9 Å². The lowest BCUT2D eigenvalue weighted by molar-refractivity contribution is 0.0523. The third kappa shape index (κ3) is 4.84. The van der Waals surface area contributed by atoms with Gasteiger partial charge in [0.15, 0.2) is 11.5 Å². The van der Waals surface area contributed by atoms with E-state index < -0.39 is 11.7 Å². The molecule has 3 rings (SSSR count). The van der Waals surface area contributed by atoms with Gasteiger partial charge in [0, 0.05) is 23.9 Å². The molecule has 3 aromatic rings. The smallest absolute Gasteiger partial charge is 0.407 e. The lowest BCUT2D eigenvalue weighted by Gasteiger charge is -2.19. The topological polar surface area (TPSA) is 129 Å². The van der Waals surface area contributed by atoms with Crippen molar-refractivity contribution < 1.29 is 13.9 Å². The first kappa shape index (κ1) is 19.3. The Kier molecular flexibility index (Phi) is 5.30. The molecule has 0 aliphatic carbocycles. The highest BCUT2D eigenvalue weighted by molar-refractivity contribution is 6.30. The first-order valence-electron chi connectivity index (χ1n) is 8.49. The molecule has 0 spiro atoms. The van der Waals surface area contributed by atoms with Crippen molar-refractivity contribution in [3.05, 3.63) is 36.0 Å². The maximum atomic E-state index is 11.8. The highest BCUT2D eigenvalue weighted by Gasteiger charge is 2.17. The lowest BCUT2D eigenvalue weighted by atomic mass is 10.1. The fourth-order valence-electron chi connectivity index (χ4n) is 2.31. The molecule has 0 aliphatic heterocycles. The Morgan fingerprint density at radius 1 is 1.29 bits per heavy atom. The molecular formula is C18H19BN6O3. The van der Waals surface area contributed by atoms with E-state index in [4.69, 9.17) is 22.7 Å². The number of benzene rings is 1. The molecule has 10 heteroatoms. The Bertz CT molecular complexity index is 999. The number of nitrogens with one attached hydrogen (secondary N) is 1. The van der Waals surface area contributed by atoms with E-state index in [1.807, 2.05) is 24.3 Å². The van der Waals surface area contributed by atoms with Gasteiger partial charge in [-0.15, -0.1) is 10.2 Å². The van der Waals surface area contributed by atoms with Gasteiger partial charge in [0.05, 0.1) is 0 Å². The van der Waals surface area contributed by atoms with Crippen LogP contribution in [-0.2, 0) is 11.3 Å². The summed E-state index contributed by atoms with van der Waals surface area (Å²) < 4.78 is 10.9. The van der Waals surface area contributed by atoms with E-state index in [2.05, 4.69) is 25.5 Å². The van der Waals surface area contributed by atoms with Crippen LogP contribution < -0.4 is 16.6 Å². The van der Waals surface area contributed by atoms with Crippen molar-refractivity contribution in [3.63, 3.8) is 0 Å². The highest BCUT2D eigenvalue weighted by Crippen LogP contribution is 2.25. The normalized spacial score (nSPS) is 11.2. The van der Waals surface area contributed by atoms with E-state index in [1.54, 1.807) is 20.8 Å². The van der Waals surface area contributed by atoms with Crippen LogP contribution in [0.3, 0.4) is 0 Å². The molecule has 2 heterocycles. The fourth-order valence-corrected chi connectivity index (χ4v) is 2.31. The number of carbonyl (C=O) groups is 1. The summed E-state index contributed by atoms with van der Waals surface area (Å²) in [5, 5.41) is 10.7. The second-order valence-electron chi connectivity index (χ2n) is 7.00. The van der Waals surface area contributed by atoms with E-state index in [-0.39, 0.29) is 35.4 Å². The molecule has 0 unspecified atom stereocenters. The van der Waals surface area contributed by atoms with E-state index >= 15 is 0 Å². The van der Waals surface area contributed by atoms with Gasteiger partial charge in [0.25, 0.3) is 5.89 Å². The maximum Gasteiger partial charge on any atom is 0.407 e. The average Bonchev–Trinajstić information content (AvgIpc) is 3.11. The Balaban J connectivity index is 1.75. The van der Waals surface area contributed by atoms with Crippen LogP contribution in [0.5, 0.6) is 0 Å². The number of ether oxygens (including phenoxy) is 1. The summed E-state index contributed by atoms with van der Waals surface area (Å²) in [7, 11) is 5.63. The molecule has 9 nitrogen and oxygen atoms in total. The zero-order valence-electron chi connectivity index (χ0n) is 15.8. The van der Waals surface area contributed by atoms with Crippen molar-refractivity contribution in [2.45, 2.75) is 32.9 Å². The second-order valence-corrected chi connectivity index (χ2v) is 7.00. The van der Waals surface area contributed by atoms with E-state index in [0.717, 1.165) is 5.56 Å². The van der Waals surface area contributed by atoms with Crippen LogP contribution in [0.2, 0.25) is 0 Å². The number of nitrogens with two attached hydrogens (primary N) is 1. The minimum atomic E-state index is -0.558. The number of aromatic nitrogens is 4. The van der Waals surface area contributed by atoms with Gasteiger partial charge >= 0.3 is 6.09 Å². The van der Waals surface area contributed by atoms with Gasteiger partial charge < -0.3 is 20.2 Å². The Hall–Kier alpha value is -3.43. The van der Waals surface area contributed by atoms with Gasteiger partial charge in [-0.3, -0.25) is 4.98 Å². The Labute approximate surface area is 163 Å². The molecule has 3 N–H and O–H groups in total. The SMILES string of the molecule is [B]c1cnc(N)c(-c2nnc(-c3cccc(CNC(=O)OC(C)(C)C)c3)o2)n1. The molecule has 0 saturated carbocycles. The summed E-state index contributed by atoms with van der Waals surface area (Å²) in [5.41, 5.74) is 7.17. The van der Waals surface area contributed by atoms with Gasteiger partial charge in [-0.25, -0.2) is 9.78 Å². The zero-order valence-corrected chi connectivity index (χ0v) is 15.8.